The van der Waals surface area contributed by atoms with E-state index >= 15 is 0 Å². The summed E-state index contributed by atoms with van der Waals surface area (Å²) in [5.74, 6) is 1.26. The van der Waals surface area contributed by atoms with Gasteiger partial charge < -0.3 is 9.72 Å². The average Bonchev–Trinajstić information content (AvgIpc) is 3.43. The Kier molecular flexibility index (Phi) is 5.15. The summed E-state index contributed by atoms with van der Waals surface area (Å²) in [5, 5.41) is 5.07. The maximum Gasteiger partial charge on any atom is 0.262 e. The molecule has 2 saturated heterocycles. The van der Waals surface area contributed by atoms with Crippen LogP contribution in [0.5, 0.6) is 0 Å². The van der Waals surface area contributed by atoms with Crippen LogP contribution in [0.3, 0.4) is 0 Å². The number of nitrogens with zero attached hydrogens (tertiary/aromatic N) is 6. The van der Waals surface area contributed by atoms with Crippen molar-refractivity contribution in [2.45, 2.75) is 38.3 Å². The molecule has 0 spiro atoms. The molecule has 0 saturated carbocycles. The standard InChI is InChI=1S/C24H27N7O2/c1-15-12-30(13-16-10-25-20-4-2-3-5-21(20)27-16)14-19(15)22-28-23-18(24(32)29-22)11-26-31(23)17-6-8-33-9-7-17/h2-5,10-11,15,17,19H,6-9,12-14H2,1H3,(H,28,29,32)/t15-,19-/m1/s1. The molecule has 1 N–H and O–H groups in total. The molecule has 4 aromatic rings. The van der Waals surface area contributed by atoms with Crippen molar-refractivity contribution in [3.8, 4) is 0 Å². The van der Waals surface area contributed by atoms with Gasteiger partial charge in [0.15, 0.2) is 5.65 Å². The molecule has 9 heteroatoms. The highest BCUT2D eigenvalue weighted by Gasteiger charge is 2.33. The first kappa shape index (κ1) is 20.4. The maximum atomic E-state index is 12.9. The predicted molar refractivity (Wildman–Crippen MR) is 124 cm³/mol. The van der Waals surface area contributed by atoms with Crippen molar-refractivity contribution >= 4 is 22.1 Å². The summed E-state index contributed by atoms with van der Waals surface area (Å²) in [7, 11) is 0. The lowest BCUT2D eigenvalue weighted by molar-refractivity contribution is 0.0673. The topological polar surface area (TPSA) is 102 Å². The molecule has 33 heavy (non-hydrogen) atoms. The number of aromatic amines is 1. The molecule has 5 heterocycles. The monoisotopic (exact) mass is 445 g/mol. The van der Waals surface area contributed by atoms with Crippen LogP contribution in [0.25, 0.3) is 22.1 Å². The predicted octanol–water partition coefficient (Wildman–Crippen LogP) is 2.65. The average molecular weight is 446 g/mol. The van der Waals surface area contributed by atoms with Crippen molar-refractivity contribution in [3.63, 3.8) is 0 Å². The second-order valence-electron chi connectivity index (χ2n) is 9.25. The maximum absolute atomic E-state index is 12.9. The third-order valence-corrected chi connectivity index (χ3v) is 6.94. The lowest BCUT2D eigenvalue weighted by atomic mass is 9.97. The molecule has 170 valence electrons. The van der Waals surface area contributed by atoms with E-state index in [9.17, 15) is 4.79 Å². The Balaban J connectivity index is 1.26. The van der Waals surface area contributed by atoms with E-state index in [4.69, 9.17) is 14.7 Å². The highest BCUT2D eigenvalue weighted by Crippen LogP contribution is 2.32. The van der Waals surface area contributed by atoms with Gasteiger partial charge in [-0.3, -0.25) is 14.7 Å². The first-order chi connectivity index (χ1) is 16.2. The van der Waals surface area contributed by atoms with Gasteiger partial charge in [-0.15, -0.1) is 0 Å². The summed E-state index contributed by atoms with van der Waals surface area (Å²) in [6.07, 6.45) is 5.28. The van der Waals surface area contributed by atoms with Gasteiger partial charge in [-0.05, 0) is 30.9 Å². The van der Waals surface area contributed by atoms with E-state index in [1.165, 1.54) is 0 Å². The fraction of sp³-hybridized carbons (Fsp3) is 0.458. The molecule has 2 fully saturated rings. The third kappa shape index (κ3) is 3.81. The quantitative estimate of drug-likeness (QED) is 0.515. The highest BCUT2D eigenvalue weighted by molar-refractivity contribution is 5.74. The molecule has 0 unspecified atom stereocenters. The second kappa shape index (κ2) is 8.31. The smallest absolute Gasteiger partial charge is 0.262 e. The van der Waals surface area contributed by atoms with E-state index in [0.717, 1.165) is 55.0 Å². The van der Waals surface area contributed by atoms with Gasteiger partial charge in [0.1, 0.15) is 11.2 Å². The molecule has 6 rings (SSSR count). The van der Waals surface area contributed by atoms with Crippen molar-refractivity contribution in [3.05, 3.63) is 58.5 Å². The minimum absolute atomic E-state index is 0.112. The van der Waals surface area contributed by atoms with Crippen LogP contribution in [0.2, 0.25) is 0 Å². The van der Waals surface area contributed by atoms with Gasteiger partial charge in [-0.1, -0.05) is 19.1 Å². The number of rotatable bonds is 4. The van der Waals surface area contributed by atoms with E-state index in [1.54, 1.807) is 6.20 Å². The Morgan fingerprint density at radius 1 is 1.09 bits per heavy atom. The molecular weight excluding hydrogens is 418 g/mol. The molecule has 0 amide bonds. The van der Waals surface area contributed by atoms with E-state index in [2.05, 4.69) is 26.9 Å². The number of fused-ring (bicyclic) bond motifs is 2. The lowest BCUT2D eigenvalue weighted by Crippen LogP contribution is -2.23. The largest absolute Gasteiger partial charge is 0.381 e. The molecule has 1 aromatic carbocycles. The van der Waals surface area contributed by atoms with Crippen LogP contribution in [0, 0.1) is 5.92 Å². The van der Waals surface area contributed by atoms with E-state index in [0.29, 0.717) is 30.2 Å². The molecule has 2 aliphatic heterocycles. The summed E-state index contributed by atoms with van der Waals surface area (Å²) < 4.78 is 7.42. The van der Waals surface area contributed by atoms with Gasteiger partial charge >= 0.3 is 0 Å². The molecule has 0 aliphatic carbocycles. The normalized spacial score (nSPS) is 22.5. The van der Waals surface area contributed by atoms with Crippen LogP contribution in [0.1, 0.15) is 43.2 Å². The van der Waals surface area contributed by atoms with Gasteiger partial charge in [-0.25, -0.2) is 14.6 Å². The number of likely N-dealkylation sites (tertiary alicyclic amines) is 1. The van der Waals surface area contributed by atoms with Crippen LogP contribution >= 0.6 is 0 Å². The van der Waals surface area contributed by atoms with Gasteiger partial charge in [0.25, 0.3) is 5.56 Å². The first-order valence-electron chi connectivity index (χ1n) is 11.6. The molecule has 3 aromatic heterocycles. The number of hydrogen-bond acceptors (Lipinski definition) is 7. The van der Waals surface area contributed by atoms with E-state index in [1.807, 2.05) is 35.1 Å². The molecule has 2 aliphatic rings. The van der Waals surface area contributed by atoms with Crippen LogP contribution in [0.4, 0.5) is 0 Å². The number of ether oxygens (including phenoxy) is 1. The summed E-state index contributed by atoms with van der Waals surface area (Å²) in [6, 6.07) is 8.15. The first-order valence-corrected chi connectivity index (χ1v) is 11.6. The Bertz CT molecular complexity index is 1360. The molecule has 0 bridgehead atoms. The minimum Gasteiger partial charge on any atom is -0.381 e. The van der Waals surface area contributed by atoms with Crippen LogP contribution in [-0.4, -0.2) is 60.9 Å². The van der Waals surface area contributed by atoms with Crippen molar-refractivity contribution in [2.24, 2.45) is 5.92 Å². The number of para-hydroxylation sites is 2. The van der Waals surface area contributed by atoms with Crippen LogP contribution < -0.4 is 5.56 Å². The van der Waals surface area contributed by atoms with Gasteiger partial charge in [0, 0.05) is 38.8 Å². The summed E-state index contributed by atoms with van der Waals surface area (Å²) >= 11 is 0. The number of benzene rings is 1. The Hall–Kier alpha value is -3.17. The fourth-order valence-electron chi connectivity index (χ4n) is 5.18. The van der Waals surface area contributed by atoms with Crippen molar-refractivity contribution in [2.75, 3.05) is 26.3 Å². The zero-order valence-corrected chi connectivity index (χ0v) is 18.6. The zero-order chi connectivity index (χ0) is 22.4. The molecule has 2 atom stereocenters. The van der Waals surface area contributed by atoms with Crippen molar-refractivity contribution in [1.82, 2.24) is 34.6 Å². The van der Waals surface area contributed by atoms with E-state index in [-0.39, 0.29) is 17.5 Å². The molecular formula is C24H27N7O2. The van der Waals surface area contributed by atoms with Gasteiger partial charge in [0.05, 0.1) is 35.2 Å². The van der Waals surface area contributed by atoms with Gasteiger partial charge in [-0.2, -0.15) is 5.10 Å². The SMILES string of the molecule is C[C@@H]1CN(Cc2cnc3ccccc3n2)C[C@H]1c1nc2c(cnn2C2CCOCC2)c(=O)[nH]1. The number of hydrogen-bond donors (Lipinski definition) is 1. The lowest BCUT2D eigenvalue weighted by Gasteiger charge is -2.23. The number of aromatic nitrogens is 6. The van der Waals surface area contributed by atoms with Crippen molar-refractivity contribution < 1.29 is 4.74 Å². The Morgan fingerprint density at radius 3 is 2.76 bits per heavy atom. The summed E-state index contributed by atoms with van der Waals surface area (Å²) in [5.41, 5.74) is 3.35. The number of H-pyrrole nitrogens is 1. The zero-order valence-electron chi connectivity index (χ0n) is 18.6. The minimum atomic E-state index is -0.112. The Morgan fingerprint density at radius 2 is 1.91 bits per heavy atom. The summed E-state index contributed by atoms with van der Waals surface area (Å²) in [6.45, 7) is 6.11. The second-order valence-corrected chi connectivity index (χ2v) is 9.25. The molecule has 0 radical (unpaired) electrons. The van der Waals surface area contributed by atoms with Gasteiger partial charge in [0.2, 0.25) is 0 Å². The van der Waals surface area contributed by atoms with Crippen molar-refractivity contribution in [1.29, 1.82) is 0 Å². The highest BCUT2D eigenvalue weighted by atomic mass is 16.5. The summed E-state index contributed by atoms with van der Waals surface area (Å²) in [4.78, 5) is 32.5. The van der Waals surface area contributed by atoms with Crippen LogP contribution in [-0.2, 0) is 11.3 Å². The third-order valence-electron chi connectivity index (χ3n) is 6.94. The van der Waals surface area contributed by atoms with E-state index < -0.39 is 0 Å². The fourth-order valence-corrected chi connectivity index (χ4v) is 5.18. The van der Waals surface area contributed by atoms with Crippen LogP contribution in [0.15, 0.2) is 41.5 Å². The molecule has 9 nitrogen and oxygen atoms in total. The Labute approximate surface area is 190 Å². The number of nitrogens with one attached hydrogen (secondary N) is 1.